The van der Waals surface area contributed by atoms with Crippen LogP contribution < -0.4 is 5.32 Å². The molecule has 1 N–H and O–H groups in total. The first-order valence-electron chi connectivity index (χ1n) is 8.24. The van der Waals surface area contributed by atoms with E-state index in [2.05, 4.69) is 15.5 Å². The summed E-state index contributed by atoms with van der Waals surface area (Å²) in [5, 5.41) is 12.1. The van der Waals surface area contributed by atoms with Crippen molar-refractivity contribution in [3.05, 3.63) is 41.0 Å². The van der Waals surface area contributed by atoms with Crippen LogP contribution in [0.2, 0.25) is 0 Å². The van der Waals surface area contributed by atoms with Crippen LogP contribution in [0.5, 0.6) is 0 Å². The molecule has 0 saturated carbocycles. The van der Waals surface area contributed by atoms with Crippen molar-refractivity contribution in [1.29, 1.82) is 0 Å². The summed E-state index contributed by atoms with van der Waals surface area (Å²) in [4.78, 5) is 12.9. The van der Waals surface area contributed by atoms with Crippen LogP contribution in [-0.4, -0.2) is 46.3 Å². The van der Waals surface area contributed by atoms with Crippen LogP contribution in [0.15, 0.2) is 41.0 Å². The van der Waals surface area contributed by atoms with Gasteiger partial charge in [-0.1, -0.05) is 6.42 Å². The summed E-state index contributed by atoms with van der Waals surface area (Å²) in [6, 6.07) is 4.93. The third-order valence-corrected chi connectivity index (χ3v) is 7.30. The molecule has 1 saturated heterocycles. The number of hydrogen-bond donors (Lipinski definition) is 1. The number of carbonyl (C=O) groups excluding carboxylic acids is 1. The number of anilines is 1. The van der Waals surface area contributed by atoms with Gasteiger partial charge in [0, 0.05) is 19.3 Å². The molecule has 1 aliphatic heterocycles. The number of sulfonamides is 1. The van der Waals surface area contributed by atoms with E-state index in [4.69, 9.17) is 0 Å². The fourth-order valence-corrected chi connectivity index (χ4v) is 5.81. The number of fused-ring (bicyclic) bond motifs is 1. The zero-order valence-corrected chi connectivity index (χ0v) is 15.5. The summed E-state index contributed by atoms with van der Waals surface area (Å²) < 4.78 is 28.9. The van der Waals surface area contributed by atoms with Crippen LogP contribution in [0, 0.1) is 0 Å². The van der Waals surface area contributed by atoms with E-state index in [1.54, 1.807) is 28.1 Å². The standard InChI is InChI=1S/C16H17N5O3S2/c22-16(18-12-4-5-14-19-17-11-20(14)10-12)15-13(6-9-25-15)26(23,24)21-7-2-1-3-8-21/h4-6,9-11H,1-3,7-8H2,(H,18,22). The van der Waals surface area contributed by atoms with Gasteiger partial charge in [-0.05, 0) is 36.4 Å². The molecule has 8 nitrogen and oxygen atoms in total. The molecule has 0 aromatic carbocycles. The molecule has 0 spiro atoms. The van der Waals surface area contributed by atoms with Gasteiger partial charge in [-0.25, -0.2) is 8.42 Å². The molecule has 3 aromatic heterocycles. The molecule has 0 bridgehead atoms. The molecule has 3 aromatic rings. The minimum absolute atomic E-state index is 0.0762. The fourth-order valence-electron chi connectivity index (χ4n) is 3.00. The number of nitrogens with zero attached hydrogens (tertiary/aromatic N) is 4. The van der Waals surface area contributed by atoms with Gasteiger partial charge < -0.3 is 5.32 Å². The van der Waals surface area contributed by atoms with E-state index in [-0.39, 0.29) is 9.77 Å². The Bertz CT molecular complexity index is 1050. The van der Waals surface area contributed by atoms with Gasteiger partial charge in [0.1, 0.15) is 16.1 Å². The number of amides is 1. The van der Waals surface area contributed by atoms with Crippen molar-refractivity contribution < 1.29 is 13.2 Å². The first-order valence-corrected chi connectivity index (χ1v) is 10.6. The Kier molecular flexibility index (Phi) is 4.47. The van der Waals surface area contributed by atoms with Crippen LogP contribution in [0.25, 0.3) is 5.65 Å². The molecule has 0 radical (unpaired) electrons. The van der Waals surface area contributed by atoms with Gasteiger partial charge in [-0.2, -0.15) is 4.31 Å². The lowest BCUT2D eigenvalue weighted by Gasteiger charge is -2.25. The van der Waals surface area contributed by atoms with Gasteiger partial charge in [-0.15, -0.1) is 21.5 Å². The Morgan fingerprint density at radius 1 is 1.15 bits per heavy atom. The predicted molar refractivity (Wildman–Crippen MR) is 97.9 cm³/mol. The number of rotatable bonds is 4. The van der Waals surface area contributed by atoms with Crippen molar-refractivity contribution in [2.45, 2.75) is 24.2 Å². The average molecular weight is 391 g/mol. The molecule has 136 valence electrons. The van der Waals surface area contributed by atoms with E-state index in [9.17, 15) is 13.2 Å². The minimum Gasteiger partial charge on any atom is -0.320 e. The van der Waals surface area contributed by atoms with E-state index in [1.165, 1.54) is 16.7 Å². The third kappa shape index (κ3) is 3.11. The summed E-state index contributed by atoms with van der Waals surface area (Å²) in [6.07, 6.45) is 5.95. The van der Waals surface area contributed by atoms with Gasteiger partial charge in [0.2, 0.25) is 10.0 Å². The summed E-state index contributed by atoms with van der Waals surface area (Å²) in [5.74, 6) is -0.442. The number of pyridine rings is 1. The second-order valence-electron chi connectivity index (χ2n) is 6.05. The Hall–Kier alpha value is -2.30. The number of piperidine rings is 1. The second-order valence-corrected chi connectivity index (χ2v) is 8.87. The highest BCUT2D eigenvalue weighted by Crippen LogP contribution is 2.28. The highest BCUT2D eigenvalue weighted by Gasteiger charge is 2.31. The van der Waals surface area contributed by atoms with Gasteiger partial charge in [-0.3, -0.25) is 9.20 Å². The largest absolute Gasteiger partial charge is 0.320 e. The normalized spacial score (nSPS) is 16.0. The van der Waals surface area contributed by atoms with Crippen LogP contribution in [-0.2, 0) is 10.0 Å². The van der Waals surface area contributed by atoms with Gasteiger partial charge in [0.25, 0.3) is 5.91 Å². The van der Waals surface area contributed by atoms with Crippen molar-refractivity contribution in [3.8, 4) is 0 Å². The molecule has 4 heterocycles. The third-order valence-electron chi connectivity index (χ3n) is 4.32. The number of carbonyl (C=O) groups is 1. The van der Waals surface area contributed by atoms with E-state index in [0.717, 1.165) is 30.6 Å². The number of hydrogen-bond acceptors (Lipinski definition) is 6. The molecule has 26 heavy (non-hydrogen) atoms. The lowest BCUT2D eigenvalue weighted by Crippen LogP contribution is -2.36. The van der Waals surface area contributed by atoms with E-state index >= 15 is 0 Å². The fraction of sp³-hybridized carbons (Fsp3) is 0.312. The van der Waals surface area contributed by atoms with E-state index in [0.29, 0.717) is 24.4 Å². The molecule has 10 heteroatoms. The first kappa shape index (κ1) is 17.1. The maximum Gasteiger partial charge on any atom is 0.267 e. The molecule has 0 aliphatic carbocycles. The molecular formula is C16H17N5O3S2. The zero-order valence-electron chi connectivity index (χ0n) is 13.8. The molecule has 4 rings (SSSR count). The Balaban J connectivity index is 1.60. The van der Waals surface area contributed by atoms with Gasteiger partial charge >= 0.3 is 0 Å². The predicted octanol–water partition coefficient (Wildman–Crippen LogP) is 2.22. The van der Waals surface area contributed by atoms with Crippen LogP contribution in [0.4, 0.5) is 5.69 Å². The van der Waals surface area contributed by atoms with Gasteiger partial charge in [0.05, 0.1) is 5.69 Å². The van der Waals surface area contributed by atoms with Crippen molar-refractivity contribution in [3.63, 3.8) is 0 Å². The highest BCUT2D eigenvalue weighted by molar-refractivity contribution is 7.89. The monoisotopic (exact) mass is 391 g/mol. The molecular weight excluding hydrogens is 374 g/mol. The van der Waals surface area contributed by atoms with Gasteiger partial charge in [0.15, 0.2) is 5.65 Å². The van der Waals surface area contributed by atoms with E-state index in [1.807, 2.05) is 0 Å². The van der Waals surface area contributed by atoms with Crippen molar-refractivity contribution in [2.75, 3.05) is 18.4 Å². The number of thiophene rings is 1. The second kappa shape index (κ2) is 6.78. The van der Waals surface area contributed by atoms with Crippen LogP contribution >= 0.6 is 11.3 Å². The Morgan fingerprint density at radius 2 is 1.96 bits per heavy atom. The van der Waals surface area contributed by atoms with Crippen molar-refractivity contribution >= 4 is 38.6 Å². The lowest BCUT2D eigenvalue weighted by atomic mass is 10.2. The zero-order chi connectivity index (χ0) is 18.1. The maximum absolute atomic E-state index is 12.9. The Labute approximate surface area is 154 Å². The smallest absolute Gasteiger partial charge is 0.267 e. The summed E-state index contributed by atoms with van der Waals surface area (Å²) in [6.45, 7) is 1.01. The molecule has 1 aliphatic rings. The van der Waals surface area contributed by atoms with Crippen molar-refractivity contribution in [2.24, 2.45) is 0 Å². The summed E-state index contributed by atoms with van der Waals surface area (Å²) in [5.41, 5.74) is 1.20. The SMILES string of the molecule is O=C(Nc1ccc2nncn2c1)c1sccc1S(=O)(=O)N1CCCCC1. The highest BCUT2D eigenvalue weighted by atomic mass is 32.2. The Morgan fingerprint density at radius 3 is 2.77 bits per heavy atom. The minimum atomic E-state index is -3.65. The quantitative estimate of drug-likeness (QED) is 0.736. The average Bonchev–Trinajstić information content (AvgIpc) is 3.31. The van der Waals surface area contributed by atoms with Crippen molar-refractivity contribution in [1.82, 2.24) is 18.9 Å². The summed E-state index contributed by atoms with van der Waals surface area (Å²) in [7, 11) is -3.65. The molecule has 0 unspecified atom stereocenters. The maximum atomic E-state index is 12.9. The summed E-state index contributed by atoms with van der Waals surface area (Å²) >= 11 is 1.12. The topological polar surface area (TPSA) is 96.7 Å². The molecule has 1 fully saturated rings. The molecule has 1 amide bonds. The first-order chi connectivity index (χ1) is 12.6. The number of aromatic nitrogens is 3. The van der Waals surface area contributed by atoms with Crippen LogP contribution in [0.1, 0.15) is 28.9 Å². The van der Waals surface area contributed by atoms with E-state index < -0.39 is 15.9 Å². The lowest BCUT2D eigenvalue weighted by molar-refractivity contribution is 0.102. The van der Waals surface area contributed by atoms with Crippen LogP contribution in [0.3, 0.4) is 0 Å². The molecule has 0 atom stereocenters. The number of nitrogens with one attached hydrogen (secondary N) is 1.